The fourth-order valence-electron chi connectivity index (χ4n) is 5.57. The first-order valence-corrected chi connectivity index (χ1v) is 14.2. The van der Waals surface area contributed by atoms with E-state index < -0.39 is 23.9 Å². The number of nitrogens with zero attached hydrogens (tertiary/aromatic N) is 1. The van der Waals surface area contributed by atoms with E-state index in [4.69, 9.17) is 14.2 Å². The Labute approximate surface area is 242 Å². The Morgan fingerprint density at radius 2 is 1.69 bits per heavy atom. The van der Waals surface area contributed by atoms with E-state index in [0.29, 0.717) is 55.2 Å². The van der Waals surface area contributed by atoms with Crippen LogP contribution in [0.5, 0.6) is 11.5 Å². The zero-order valence-electron chi connectivity index (χ0n) is 23.0. The number of nitrogens with one attached hydrogen (secondary N) is 2. The van der Waals surface area contributed by atoms with Crippen molar-refractivity contribution in [2.45, 2.75) is 31.5 Å². The van der Waals surface area contributed by atoms with Gasteiger partial charge in [-0.25, -0.2) is 4.39 Å². The Morgan fingerprint density at radius 1 is 0.905 bits per heavy atom. The van der Waals surface area contributed by atoms with Crippen molar-refractivity contribution in [2.24, 2.45) is 5.92 Å². The highest BCUT2D eigenvalue weighted by Gasteiger charge is 2.40. The number of hydrogen-bond acceptors (Lipinski definition) is 6. The molecule has 0 unspecified atom stereocenters. The number of fused-ring (bicyclic) bond motifs is 7. The van der Waals surface area contributed by atoms with Crippen LogP contribution in [0, 0.1) is 11.7 Å². The molecule has 0 aliphatic carbocycles. The Hall–Kier alpha value is -4.44. The summed E-state index contributed by atoms with van der Waals surface area (Å²) < 4.78 is 32.4. The smallest absolute Gasteiger partial charge is 0.258 e. The molecule has 2 saturated heterocycles. The summed E-state index contributed by atoms with van der Waals surface area (Å²) in [5, 5.41) is 5.79. The average molecular weight is 574 g/mol. The number of hydrogen-bond donors (Lipinski definition) is 2. The largest absolute Gasteiger partial charge is 0.486 e. The van der Waals surface area contributed by atoms with Gasteiger partial charge in [-0.1, -0.05) is 30.3 Å². The zero-order valence-corrected chi connectivity index (χ0v) is 23.0. The molecule has 4 heterocycles. The fraction of sp³-hybridized carbons (Fsp3) is 0.344. The van der Waals surface area contributed by atoms with Crippen LogP contribution < -0.4 is 20.1 Å². The van der Waals surface area contributed by atoms with Gasteiger partial charge in [-0.15, -0.1) is 0 Å². The molecule has 3 aromatic rings. The second kappa shape index (κ2) is 12.2. The first kappa shape index (κ1) is 27.7. The van der Waals surface area contributed by atoms with E-state index in [2.05, 4.69) is 10.6 Å². The molecule has 2 N–H and O–H groups in total. The number of rotatable bonds is 1. The predicted molar refractivity (Wildman–Crippen MR) is 151 cm³/mol. The Kier molecular flexibility index (Phi) is 8.05. The number of carbonyl (C=O) groups excluding carboxylic acids is 3. The summed E-state index contributed by atoms with van der Waals surface area (Å²) in [7, 11) is 0. The molecule has 9 nitrogen and oxygen atoms in total. The molecule has 0 saturated carbocycles. The van der Waals surface area contributed by atoms with Crippen LogP contribution in [0.15, 0.2) is 66.7 Å². The van der Waals surface area contributed by atoms with E-state index in [1.165, 1.54) is 12.1 Å². The normalized spacial score (nSPS) is 21.4. The highest BCUT2D eigenvalue weighted by molar-refractivity contribution is 5.96. The highest BCUT2D eigenvalue weighted by Crippen LogP contribution is 2.28. The molecular weight excluding hydrogens is 541 g/mol. The summed E-state index contributed by atoms with van der Waals surface area (Å²) in [4.78, 5) is 41.0. The minimum Gasteiger partial charge on any atom is -0.486 e. The Bertz CT molecular complexity index is 1470. The van der Waals surface area contributed by atoms with Crippen molar-refractivity contribution < 1.29 is 33.0 Å². The molecule has 42 heavy (non-hydrogen) atoms. The van der Waals surface area contributed by atoms with Crippen molar-refractivity contribution in [3.63, 3.8) is 0 Å². The van der Waals surface area contributed by atoms with Gasteiger partial charge in [0.05, 0.1) is 18.2 Å². The lowest BCUT2D eigenvalue weighted by Crippen LogP contribution is -2.45. The second-order valence-corrected chi connectivity index (χ2v) is 10.8. The molecular formula is C32H32FN3O6. The van der Waals surface area contributed by atoms with Crippen molar-refractivity contribution in [3.8, 4) is 22.6 Å². The molecule has 4 aliphatic heterocycles. The molecule has 4 aliphatic rings. The van der Waals surface area contributed by atoms with Gasteiger partial charge in [-0.2, -0.15) is 0 Å². The lowest BCUT2D eigenvalue weighted by molar-refractivity contribution is -0.137. The van der Waals surface area contributed by atoms with E-state index in [0.717, 1.165) is 5.56 Å². The van der Waals surface area contributed by atoms with Crippen LogP contribution in [0.25, 0.3) is 11.1 Å². The molecule has 10 heteroatoms. The maximum Gasteiger partial charge on any atom is 0.258 e. The monoisotopic (exact) mass is 573 g/mol. The number of amides is 3. The summed E-state index contributed by atoms with van der Waals surface area (Å²) in [6.45, 7) is 1.76. The topological polar surface area (TPSA) is 106 Å². The van der Waals surface area contributed by atoms with E-state index in [9.17, 15) is 18.8 Å². The summed E-state index contributed by atoms with van der Waals surface area (Å²) in [5.41, 5.74) is 2.06. The maximum atomic E-state index is 15.0. The number of likely N-dealkylation sites (tertiary alicyclic amines) is 1. The molecule has 0 aromatic heterocycles. The van der Waals surface area contributed by atoms with Crippen LogP contribution in [0.2, 0.25) is 0 Å². The molecule has 2 atom stereocenters. The van der Waals surface area contributed by atoms with Crippen molar-refractivity contribution in [2.75, 3.05) is 32.9 Å². The molecule has 2 fully saturated rings. The third-order valence-electron chi connectivity index (χ3n) is 7.91. The molecule has 6 bridgehead atoms. The molecule has 0 radical (unpaired) electrons. The number of ether oxygens (including phenoxy) is 3. The molecule has 3 amide bonds. The van der Waals surface area contributed by atoms with E-state index in [1.807, 2.05) is 18.2 Å². The van der Waals surface area contributed by atoms with Crippen molar-refractivity contribution in [3.05, 3.63) is 83.7 Å². The van der Waals surface area contributed by atoms with Gasteiger partial charge in [0.1, 0.15) is 23.4 Å². The van der Waals surface area contributed by atoms with Gasteiger partial charge in [0.15, 0.2) is 6.61 Å². The van der Waals surface area contributed by atoms with Crippen LogP contribution >= 0.6 is 0 Å². The third kappa shape index (κ3) is 6.23. The van der Waals surface area contributed by atoms with Gasteiger partial charge in [0.25, 0.3) is 11.8 Å². The van der Waals surface area contributed by atoms with Crippen LogP contribution in [0.1, 0.15) is 28.8 Å². The average Bonchev–Trinajstić information content (AvgIpc) is 3.41. The number of benzene rings is 3. The van der Waals surface area contributed by atoms with Gasteiger partial charge < -0.3 is 29.7 Å². The summed E-state index contributed by atoms with van der Waals surface area (Å²) in [6, 6.07) is 18.1. The van der Waals surface area contributed by atoms with Crippen molar-refractivity contribution in [1.29, 1.82) is 0 Å². The Balaban J connectivity index is 1.31. The molecule has 3 aromatic carbocycles. The maximum absolute atomic E-state index is 15.0. The highest BCUT2D eigenvalue weighted by atomic mass is 19.1. The summed E-state index contributed by atoms with van der Waals surface area (Å²) >= 11 is 0. The predicted octanol–water partition coefficient (Wildman–Crippen LogP) is 3.32. The van der Waals surface area contributed by atoms with Crippen LogP contribution in [-0.4, -0.2) is 67.7 Å². The molecule has 218 valence electrons. The van der Waals surface area contributed by atoms with E-state index in [1.54, 1.807) is 41.3 Å². The van der Waals surface area contributed by atoms with Crippen molar-refractivity contribution >= 4 is 17.7 Å². The third-order valence-corrected chi connectivity index (χ3v) is 7.91. The minimum absolute atomic E-state index is 0.00976. The van der Waals surface area contributed by atoms with Gasteiger partial charge in [0.2, 0.25) is 5.91 Å². The summed E-state index contributed by atoms with van der Waals surface area (Å²) in [6.07, 6.45) is 0.759. The SMILES string of the molecule is O=C1COc2cccc(c2)-c2ccc(F)c(c2)C(=O)N[C@H]2CN(C(=O)C3CCOCC3)C[C@@H]2Oc2ccc(cc2)CN1. The number of carbonyl (C=O) groups is 3. The van der Waals surface area contributed by atoms with Gasteiger partial charge in [0, 0.05) is 32.2 Å². The van der Waals surface area contributed by atoms with Crippen molar-refractivity contribution in [1.82, 2.24) is 15.5 Å². The first-order chi connectivity index (χ1) is 20.4. The van der Waals surface area contributed by atoms with Gasteiger partial charge in [-0.05, 0) is 65.9 Å². The zero-order chi connectivity index (χ0) is 29.1. The second-order valence-electron chi connectivity index (χ2n) is 10.8. The minimum atomic E-state index is -0.663. The van der Waals surface area contributed by atoms with Crippen LogP contribution in [-0.2, 0) is 20.9 Å². The fourth-order valence-corrected chi connectivity index (χ4v) is 5.57. The van der Waals surface area contributed by atoms with Gasteiger partial charge >= 0.3 is 0 Å². The number of halogens is 1. The van der Waals surface area contributed by atoms with E-state index in [-0.39, 0.29) is 43.0 Å². The van der Waals surface area contributed by atoms with Crippen LogP contribution in [0.4, 0.5) is 4.39 Å². The van der Waals surface area contributed by atoms with E-state index >= 15 is 0 Å². The first-order valence-electron chi connectivity index (χ1n) is 14.2. The molecule has 7 rings (SSSR count). The van der Waals surface area contributed by atoms with Gasteiger partial charge in [-0.3, -0.25) is 14.4 Å². The Morgan fingerprint density at radius 3 is 2.50 bits per heavy atom. The summed E-state index contributed by atoms with van der Waals surface area (Å²) in [5.74, 6) is -0.642. The van der Waals surface area contributed by atoms with Crippen LogP contribution in [0.3, 0.4) is 0 Å². The quantitative estimate of drug-likeness (QED) is 0.463. The standard InChI is InChI=1S/C32H32FN3O6/c33-27-9-6-23-15-26(27)31(38)35-28-17-36(32(39)21-10-12-40-13-11-21)18-29(28)42-24-7-4-20(5-8-24)16-34-30(37)19-41-25-3-1-2-22(23)14-25/h1-9,14-15,21,28-29H,10-13,16-19H2,(H,34,37)(H,35,38)/t28-,29-/m0/s1. The lowest BCUT2D eigenvalue weighted by Gasteiger charge is -2.26. The molecule has 0 spiro atoms. The lowest BCUT2D eigenvalue weighted by atomic mass is 9.99.